The molecule has 0 amide bonds. The van der Waals surface area contributed by atoms with Crippen LogP contribution in [0.5, 0.6) is 5.75 Å². The zero-order chi connectivity index (χ0) is 24.2. The number of aromatic nitrogens is 5. The van der Waals surface area contributed by atoms with E-state index in [1.807, 2.05) is 53.2 Å². The van der Waals surface area contributed by atoms with E-state index in [1.54, 1.807) is 30.1 Å². The summed E-state index contributed by atoms with van der Waals surface area (Å²) in [6.45, 7) is 0.739. The molecule has 176 valence electrons. The highest BCUT2D eigenvalue weighted by atomic mass is 79.9. The normalized spacial score (nSPS) is 11.4. The average molecular weight is 535 g/mol. The summed E-state index contributed by atoms with van der Waals surface area (Å²) in [4.78, 5) is 10.2. The summed E-state index contributed by atoms with van der Waals surface area (Å²) in [7, 11) is 1.64. The van der Waals surface area contributed by atoms with Crippen molar-refractivity contribution in [1.29, 1.82) is 0 Å². The summed E-state index contributed by atoms with van der Waals surface area (Å²) in [5, 5.41) is 12.4. The van der Waals surface area contributed by atoms with Gasteiger partial charge >= 0.3 is 0 Å². The molecule has 5 aromatic rings. The smallest absolute Gasteiger partial charge is 0.162 e. The van der Waals surface area contributed by atoms with Crippen molar-refractivity contribution in [3.63, 3.8) is 0 Å². The zero-order valence-corrected chi connectivity index (χ0v) is 20.3. The van der Waals surface area contributed by atoms with Crippen LogP contribution in [0.15, 0.2) is 82.7 Å². The van der Waals surface area contributed by atoms with Crippen LogP contribution < -0.4 is 4.74 Å². The molecule has 5 rings (SSSR count). The maximum Gasteiger partial charge on any atom is 0.162 e. The van der Waals surface area contributed by atoms with Crippen LogP contribution in [-0.2, 0) is 18.0 Å². The number of benzene rings is 2. The first-order chi connectivity index (χ1) is 17.1. The van der Waals surface area contributed by atoms with E-state index >= 15 is 0 Å². The summed E-state index contributed by atoms with van der Waals surface area (Å²) in [5.41, 5.74) is 4.60. The van der Waals surface area contributed by atoms with E-state index in [9.17, 15) is 4.39 Å². The number of methoxy groups -OCH3 is 1. The van der Waals surface area contributed by atoms with Gasteiger partial charge in [-0.2, -0.15) is 0 Å². The van der Waals surface area contributed by atoms with Crippen molar-refractivity contribution >= 4 is 27.8 Å². The summed E-state index contributed by atoms with van der Waals surface area (Å²) < 4.78 is 23.1. The molecule has 0 aliphatic carbocycles. The second kappa shape index (κ2) is 10.1. The van der Waals surface area contributed by atoms with Crippen molar-refractivity contribution < 1.29 is 14.0 Å². The molecular formula is C25H20BrFN6O2. The van der Waals surface area contributed by atoms with Crippen LogP contribution in [0.4, 0.5) is 4.39 Å². The molecule has 8 nitrogen and oxygen atoms in total. The van der Waals surface area contributed by atoms with E-state index in [0.29, 0.717) is 23.6 Å². The third kappa shape index (κ3) is 5.22. The Kier molecular flexibility index (Phi) is 6.53. The molecule has 0 fully saturated rings. The molecule has 35 heavy (non-hydrogen) atoms. The number of imidazole rings is 1. The number of hydrogen-bond acceptors (Lipinski definition) is 6. The lowest BCUT2D eigenvalue weighted by Gasteiger charge is -2.03. The fraction of sp³-hybridized carbons (Fsp3) is 0.120. The lowest BCUT2D eigenvalue weighted by molar-refractivity contribution is 0.129. The minimum atomic E-state index is -0.307. The van der Waals surface area contributed by atoms with Crippen LogP contribution in [0.25, 0.3) is 16.9 Å². The van der Waals surface area contributed by atoms with Gasteiger partial charge in [0, 0.05) is 16.2 Å². The summed E-state index contributed by atoms with van der Waals surface area (Å²) in [6.07, 6.45) is 5.30. The molecule has 0 aliphatic heterocycles. The lowest BCUT2D eigenvalue weighted by Crippen LogP contribution is -2.00. The number of oxime groups is 1. The van der Waals surface area contributed by atoms with Gasteiger partial charge in [0.1, 0.15) is 22.9 Å². The third-order valence-corrected chi connectivity index (χ3v) is 5.76. The van der Waals surface area contributed by atoms with Gasteiger partial charge in [0.25, 0.3) is 0 Å². The maximum absolute atomic E-state index is 13.4. The average Bonchev–Trinajstić information content (AvgIpc) is 3.47. The van der Waals surface area contributed by atoms with Crippen molar-refractivity contribution in [2.45, 2.75) is 13.2 Å². The van der Waals surface area contributed by atoms with Crippen LogP contribution in [-0.4, -0.2) is 37.7 Å². The quantitative estimate of drug-likeness (QED) is 0.204. The lowest BCUT2D eigenvalue weighted by atomic mass is 10.1. The van der Waals surface area contributed by atoms with Crippen molar-refractivity contribution in [2.75, 3.05) is 7.11 Å². The van der Waals surface area contributed by atoms with Crippen LogP contribution >= 0.6 is 15.9 Å². The number of pyridine rings is 1. The highest BCUT2D eigenvalue weighted by Gasteiger charge is 2.13. The van der Waals surface area contributed by atoms with Crippen molar-refractivity contribution in [3.05, 3.63) is 100 Å². The van der Waals surface area contributed by atoms with Gasteiger partial charge in [0.15, 0.2) is 6.61 Å². The zero-order valence-electron chi connectivity index (χ0n) is 18.7. The molecule has 0 radical (unpaired) electrons. The van der Waals surface area contributed by atoms with Gasteiger partial charge in [-0.25, -0.2) is 14.1 Å². The van der Waals surface area contributed by atoms with E-state index in [-0.39, 0.29) is 12.4 Å². The monoisotopic (exact) mass is 534 g/mol. The van der Waals surface area contributed by atoms with Crippen LogP contribution in [0.2, 0.25) is 0 Å². The molecule has 10 heteroatoms. The van der Waals surface area contributed by atoms with E-state index in [0.717, 1.165) is 27.0 Å². The number of halogens is 2. The minimum absolute atomic E-state index is 0.158. The highest BCUT2D eigenvalue weighted by molar-refractivity contribution is 9.10. The van der Waals surface area contributed by atoms with E-state index in [2.05, 4.69) is 36.4 Å². The molecule has 2 aromatic carbocycles. The molecule has 0 N–H and O–H groups in total. The highest BCUT2D eigenvalue weighted by Crippen LogP contribution is 2.25. The van der Waals surface area contributed by atoms with Crippen molar-refractivity contribution in [2.24, 2.45) is 5.16 Å². The predicted octanol–water partition coefficient (Wildman–Crippen LogP) is 5.10. The van der Waals surface area contributed by atoms with E-state index in [4.69, 9.17) is 9.57 Å². The van der Waals surface area contributed by atoms with Crippen molar-refractivity contribution in [1.82, 2.24) is 24.4 Å². The van der Waals surface area contributed by atoms with Crippen LogP contribution in [0.1, 0.15) is 17.0 Å². The van der Waals surface area contributed by atoms with Gasteiger partial charge in [-0.05, 0) is 70.0 Å². The molecule has 0 bridgehead atoms. The summed E-state index contributed by atoms with van der Waals surface area (Å²) in [6, 6.07) is 17.7. The van der Waals surface area contributed by atoms with Gasteiger partial charge in [-0.3, -0.25) is 4.40 Å². The molecule has 3 aromatic heterocycles. The molecule has 0 atom stereocenters. The van der Waals surface area contributed by atoms with E-state index < -0.39 is 0 Å². The standard InChI is InChI=1S/C25H20BrFN6O2/c1-34-22-9-2-17(3-10-22)13-32-15-21(30-31-32)16-35-28-12-23-25(18-4-7-20(27)8-5-18)29-24-11-6-19(26)14-33(23)24/h2-12,14-15H,13,16H2,1H3/b28-12+. The first kappa shape index (κ1) is 22.7. The Labute approximate surface area is 208 Å². The first-order valence-corrected chi connectivity index (χ1v) is 11.5. The fourth-order valence-corrected chi connectivity index (χ4v) is 3.91. The Morgan fingerprint density at radius 3 is 2.60 bits per heavy atom. The van der Waals surface area contributed by atoms with Crippen LogP contribution in [0.3, 0.4) is 0 Å². The van der Waals surface area contributed by atoms with Gasteiger partial charge in [0.05, 0.1) is 37.5 Å². The SMILES string of the molecule is COc1ccc(Cn2cc(CO/N=C/c3c(-c4ccc(F)cc4)nc4ccc(Br)cn34)nn2)cc1. The third-order valence-electron chi connectivity index (χ3n) is 5.29. The van der Waals surface area contributed by atoms with Gasteiger partial charge in [-0.1, -0.05) is 22.5 Å². The Morgan fingerprint density at radius 1 is 1.03 bits per heavy atom. The maximum atomic E-state index is 13.4. The largest absolute Gasteiger partial charge is 0.497 e. The van der Waals surface area contributed by atoms with Crippen LogP contribution in [0, 0.1) is 5.82 Å². The molecule has 0 saturated carbocycles. The Morgan fingerprint density at radius 2 is 1.83 bits per heavy atom. The van der Waals surface area contributed by atoms with Gasteiger partial charge in [-0.15, -0.1) is 5.10 Å². The second-order valence-corrected chi connectivity index (χ2v) is 8.61. The predicted molar refractivity (Wildman–Crippen MR) is 133 cm³/mol. The number of fused-ring (bicyclic) bond motifs is 1. The Hall–Kier alpha value is -4.05. The van der Waals surface area contributed by atoms with Crippen molar-refractivity contribution in [3.8, 4) is 17.0 Å². The number of rotatable bonds is 8. The Balaban J connectivity index is 1.30. The number of hydrogen-bond donors (Lipinski definition) is 0. The molecule has 0 spiro atoms. The number of ether oxygens (including phenoxy) is 1. The van der Waals surface area contributed by atoms with Gasteiger partial charge in [0.2, 0.25) is 0 Å². The topological polar surface area (TPSA) is 78.8 Å². The summed E-state index contributed by atoms with van der Waals surface area (Å²) in [5.74, 6) is 0.499. The molecule has 0 saturated heterocycles. The second-order valence-electron chi connectivity index (χ2n) is 7.69. The minimum Gasteiger partial charge on any atom is -0.497 e. The van der Waals surface area contributed by atoms with E-state index in [1.165, 1.54) is 12.1 Å². The molecule has 0 unspecified atom stereocenters. The molecule has 3 heterocycles. The first-order valence-electron chi connectivity index (χ1n) is 10.7. The molecular weight excluding hydrogens is 515 g/mol. The Bertz CT molecular complexity index is 1480. The number of nitrogens with zero attached hydrogens (tertiary/aromatic N) is 6. The van der Waals surface area contributed by atoms with Gasteiger partial charge < -0.3 is 9.57 Å². The fourth-order valence-electron chi connectivity index (χ4n) is 3.57. The molecule has 0 aliphatic rings. The summed E-state index contributed by atoms with van der Waals surface area (Å²) >= 11 is 3.49.